The van der Waals surface area contributed by atoms with Crippen molar-refractivity contribution in [2.75, 3.05) is 4.31 Å². The first-order valence-corrected chi connectivity index (χ1v) is 8.37. The van der Waals surface area contributed by atoms with Crippen LogP contribution in [0.5, 0.6) is 0 Å². The summed E-state index contributed by atoms with van der Waals surface area (Å²) in [5, 5.41) is 12.5. The molecule has 22 heavy (non-hydrogen) atoms. The zero-order valence-corrected chi connectivity index (χ0v) is 13.0. The number of aromatic carboxylic acids is 1. The van der Waals surface area contributed by atoms with Gasteiger partial charge in [-0.3, -0.25) is 8.86 Å². The van der Waals surface area contributed by atoms with Gasteiger partial charge in [0, 0.05) is 13.1 Å². The summed E-state index contributed by atoms with van der Waals surface area (Å²) in [4.78, 5) is 14.9. The fraction of sp³-hybridized carbons (Fsp3) is 0.231. The Balaban J connectivity index is 1.91. The van der Waals surface area contributed by atoms with Gasteiger partial charge in [0.25, 0.3) is 11.3 Å². The lowest BCUT2D eigenvalue weighted by molar-refractivity contribution is 0.0692. The third kappa shape index (κ3) is 2.88. The number of aromatic nitrogens is 1. The Labute approximate surface area is 133 Å². The molecule has 0 spiro atoms. The quantitative estimate of drug-likeness (QED) is 0.715. The summed E-state index contributed by atoms with van der Waals surface area (Å²) in [5.41, 5.74) is 4.35. The molecule has 1 aromatic carbocycles. The average molecular weight is 339 g/mol. The number of carboxylic acid groups (broad SMARTS) is 1. The molecule has 0 saturated carbocycles. The third-order valence-corrected chi connectivity index (χ3v) is 5.05. The van der Waals surface area contributed by atoms with Crippen molar-refractivity contribution < 1.29 is 18.7 Å². The monoisotopic (exact) mass is 339 g/mol. The van der Waals surface area contributed by atoms with Crippen molar-refractivity contribution in [1.29, 1.82) is 0 Å². The third-order valence-electron chi connectivity index (χ3n) is 3.39. The molecule has 1 aliphatic rings. The normalized spacial score (nSPS) is 14.6. The minimum Gasteiger partial charge on any atom is -0.476 e. The minimum atomic E-state index is -2.33. The van der Waals surface area contributed by atoms with E-state index in [-0.39, 0.29) is 17.2 Å². The highest BCUT2D eigenvalue weighted by atomic mass is 32.2. The fourth-order valence-electron chi connectivity index (χ4n) is 2.37. The Morgan fingerprint density at radius 1 is 1.41 bits per heavy atom. The van der Waals surface area contributed by atoms with E-state index in [1.165, 1.54) is 11.1 Å². The first-order chi connectivity index (χ1) is 10.6. The number of nitrogens with one attached hydrogen (secondary N) is 1. The van der Waals surface area contributed by atoms with Crippen LogP contribution < -0.4 is 9.62 Å². The van der Waals surface area contributed by atoms with Gasteiger partial charge >= 0.3 is 5.97 Å². The van der Waals surface area contributed by atoms with E-state index < -0.39 is 17.2 Å². The zero-order chi connectivity index (χ0) is 15.7. The van der Waals surface area contributed by atoms with E-state index in [0.717, 1.165) is 39.9 Å². The maximum absolute atomic E-state index is 11.6. The number of carbonyl (C=O) groups is 1. The number of fused-ring (bicyclic) bond motifs is 1. The van der Waals surface area contributed by atoms with Crippen LogP contribution in [0.25, 0.3) is 0 Å². The summed E-state index contributed by atoms with van der Waals surface area (Å²) in [7, 11) is 0. The summed E-state index contributed by atoms with van der Waals surface area (Å²) in [6.07, 6.45) is 0. The van der Waals surface area contributed by atoms with Gasteiger partial charge < -0.3 is 10.4 Å². The van der Waals surface area contributed by atoms with Gasteiger partial charge in [0.15, 0.2) is 5.69 Å². The van der Waals surface area contributed by atoms with Crippen LogP contribution in [0.4, 0.5) is 5.00 Å². The average Bonchev–Trinajstić information content (AvgIpc) is 3.12. The van der Waals surface area contributed by atoms with Gasteiger partial charge in [0.2, 0.25) is 0 Å². The number of hydrogen-bond donors (Lipinski definition) is 3. The van der Waals surface area contributed by atoms with Gasteiger partial charge in [-0.2, -0.15) is 0 Å². The topological polar surface area (TPSA) is 103 Å². The van der Waals surface area contributed by atoms with Crippen LogP contribution in [-0.2, 0) is 30.9 Å². The molecule has 1 unspecified atom stereocenters. The molecular weight excluding hydrogens is 326 g/mol. The lowest BCUT2D eigenvalue weighted by atomic mass is 10.1. The number of benzene rings is 1. The molecule has 3 rings (SSSR count). The second kappa shape index (κ2) is 6.13. The molecule has 1 aromatic heterocycles. The fourth-order valence-corrected chi connectivity index (χ4v) is 3.87. The molecule has 2 aromatic rings. The Kier molecular flexibility index (Phi) is 4.21. The number of rotatable bonds is 5. The molecule has 0 fully saturated rings. The van der Waals surface area contributed by atoms with Gasteiger partial charge in [-0.1, -0.05) is 18.2 Å². The number of nitrogens with zero attached hydrogens (tertiary/aromatic N) is 2. The largest absolute Gasteiger partial charge is 0.476 e. The second-order valence-corrected chi connectivity index (χ2v) is 6.52. The van der Waals surface area contributed by atoms with Gasteiger partial charge in [-0.15, -0.1) is 11.3 Å². The molecule has 0 radical (unpaired) electrons. The summed E-state index contributed by atoms with van der Waals surface area (Å²) in [6, 6.07) is 5.83. The Bertz CT molecular complexity index is 747. The number of thiazole rings is 1. The summed E-state index contributed by atoms with van der Waals surface area (Å²) >= 11 is -1.31. The maximum atomic E-state index is 11.6. The SMILES string of the molecule is O=C(O)c1ncsc1N(Cc1ccc2c(c1)CNC2)S(=O)O. The van der Waals surface area contributed by atoms with Crippen LogP contribution in [0.2, 0.25) is 0 Å². The van der Waals surface area contributed by atoms with Gasteiger partial charge in [0.05, 0.1) is 12.1 Å². The Morgan fingerprint density at radius 2 is 2.18 bits per heavy atom. The van der Waals surface area contributed by atoms with Gasteiger partial charge in [-0.05, 0) is 16.7 Å². The molecule has 0 saturated heterocycles. The van der Waals surface area contributed by atoms with E-state index in [2.05, 4.69) is 10.3 Å². The van der Waals surface area contributed by atoms with Crippen LogP contribution >= 0.6 is 11.3 Å². The lowest BCUT2D eigenvalue weighted by Gasteiger charge is -2.18. The van der Waals surface area contributed by atoms with E-state index in [9.17, 15) is 13.6 Å². The predicted molar refractivity (Wildman–Crippen MR) is 83.0 cm³/mol. The highest BCUT2D eigenvalue weighted by Gasteiger charge is 2.23. The first-order valence-electron chi connectivity index (χ1n) is 6.43. The van der Waals surface area contributed by atoms with Crippen molar-refractivity contribution in [3.8, 4) is 0 Å². The van der Waals surface area contributed by atoms with Gasteiger partial charge in [0.1, 0.15) is 5.00 Å². The highest BCUT2D eigenvalue weighted by molar-refractivity contribution is 7.81. The smallest absolute Gasteiger partial charge is 0.357 e. The van der Waals surface area contributed by atoms with Crippen molar-refractivity contribution in [3.63, 3.8) is 0 Å². The van der Waals surface area contributed by atoms with Crippen LogP contribution in [-0.4, -0.2) is 24.8 Å². The van der Waals surface area contributed by atoms with Crippen LogP contribution in [0.1, 0.15) is 27.2 Å². The molecule has 0 aliphatic carbocycles. The predicted octanol–water partition coefficient (Wildman–Crippen LogP) is 1.59. The lowest BCUT2D eigenvalue weighted by Crippen LogP contribution is -2.25. The minimum absolute atomic E-state index is 0.138. The molecule has 0 bridgehead atoms. The van der Waals surface area contributed by atoms with E-state index >= 15 is 0 Å². The van der Waals surface area contributed by atoms with Crippen molar-refractivity contribution in [2.24, 2.45) is 0 Å². The number of hydrogen-bond acceptors (Lipinski definition) is 5. The summed E-state index contributed by atoms with van der Waals surface area (Å²) < 4.78 is 22.3. The van der Waals surface area contributed by atoms with Crippen LogP contribution in [0.15, 0.2) is 23.7 Å². The molecule has 0 amide bonds. The van der Waals surface area contributed by atoms with Crippen LogP contribution in [0, 0.1) is 0 Å². The number of carboxylic acids is 1. The molecule has 1 aliphatic heterocycles. The second-order valence-electron chi connectivity index (χ2n) is 4.79. The first kappa shape index (κ1) is 15.1. The maximum Gasteiger partial charge on any atom is 0.357 e. The molecule has 3 N–H and O–H groups in total. The highest BCUT2D eigenvalue weighted by Crippen LogP contribution is 2.28. The molecule has 116 valence electrons. The Morgan fingerprint density at radius 3 is 2.91 bits per heavy atom. The van der Waals surface area contributed by atoms with Crippen molar-refractivity contribution in [1.82, 2.24) is 10.3 Å². The van der Waals surface area contributed by atoms with Crippen molar-refractivity contribution in [2.45, 2.75) is 19.6 Å². The van der Waals surface area contributed by atoms with Crippen molar-refractivity contribution >= 4 is 33.6 Å². The molecule has 2 heterocycles. The number of anilines is 1. The van der Waals surface area contributed by atoms with Gasteiger partial charge in [-0.25, -0.2) is 14.0 Å². The summed E-state index contributed by atoms with van der Waals surface area (Å²) in [5.74, 6) is -1.22. The molecule has 1 atom stereocenters. The van der Waals surface area contributed by atoms with Crippen LogP contribution in [0.3, 0.4) is 0 Å². The molecule has 9 heteroatoms. The standard InChI is InChI=1S/C13H13N3O4S2/c17-13(18)11-12(21-7-15-11)16(22(19)20)6-8-1-2-9-4-14-5-10(9)3-8/h1-3,7,14H,4-6H2,(H,17,18)(H,19,20). The molecular formula is C13H13N3O4S2. The van der Waals surface area contributed by atoms with E-state index in [4.69, 9.17) is 5.11 Å². The Hall–Kier alpha value is -1.81. The van der Waals surface area contributed by atoms with Crippen molar-refractivity contribution in [3.05, 3.63) is 46.1 Å². The molecule has 7 nitrogen and oxygen atoms in total. The van der Waals surface area contributed by atoms with E-state index in [1.807, 2.05) is 18.2 Å². The van der Waals surface area contributed by atoms with E-state index in [1.54, 1.807) is 0 Å². The van der Waals surface area contributed by atoms with E-state index in [0.29, 0.717) is 0 Å². The zero-order valence-electron chi connectivity index (χ0n) is 11.4. The summed E-state index contributed by atoms with van der Waals surface area (Å²) in [6.45, 7) is 1.73.